The Kier molecular flexibility index (Phi) is 5.99. The minimum absolute atomic E-state index is 0.522. The molecule has 2 rings (SSSR count). The lowest BCUT2D eigenvalue weighted by atomic mass is 9.95. The maximum atomic E-state index is 4.62. The summed E-state index contributed by atoms with van der Waals surface area (Å²) in [5.41, 5.74) is 2.47. The van der Waals surface area contributed by atoms with Gasteiger partial charge in [0.15, 0.2) is 0 Å². The highest BCUT2D eigenvalue weighted by Crippen LogP contribution is 2.20. The van der Waals surface area contributed by atoms with Crippen LogP contribution in [0.4, 0.5) is 0 Å². The Morgan fingerprint density at radius 1 is 1.40 bits per heavy atom. The Labute approximate surface area is 123 Å². The van der Waals surface area contributed by atoms with Crippen molar-refractivity contribution in [3.05, 3.63) is 29.6 Å². The van der Waals surface area contributed by atoms with E-state index < -0.39 is 0 Å². The average Bonchev–Trinajstić information content (AvgIpc) is 2.47. The van der Waals surface area contributed by atoms with Crippen molar-refractivity contribution >= 4 is 0 Å². The normalized spacial score (nSPS) is 20.5. The lowest BCUT2D eigenvalue weighted by Crippen LogP contribution is -2.34. The lowest BCUT2D eigenvalue weighted by molar-refractivity contribution is 0.163. The van der Waals surface area contributed by atoms with Crippen molar-refractivity contribution in [2.45, 2.75) is 59.2 Å². The number of rotatable bonds is 6. The van der Waals surface area contributed by atoms with E-state index in [1.54, 1.807) is 0 Å². The SMILES string of the molecule is CCC1CCCN(Cc2ccc(CNC(C)C)cn2)C1. The molecule has 1 saturated heterocycles. The van der Waals surface area contributed by atoms with Gasteiger partial charge in [0.25, 0.3) is 0 Å². The number of pyridine rings is 1. The molecule has 1 aliphatic heterocycles. The topological polar surface area (TPSA) is 28.2 Å². The molecule has 3 nitrogen and oxygen atoms in total. The zero-order chi connectivity index (χ0) is 14.4. The summed E-state index contributed by atoms with van der Waals surface area (Å²) in [6, 6.07) is 4.92. The quantitative estimate of drug-likeness (QED) is 0.864. The highest BCUT2D eigenvalue weighted by molar-refractivity contribution is 5.14. The zero-order valence-corrected chi connectivity index (χ0v) is 13.2. The highest BCUT2D eigenvalue weighted by Gasteiger charge is 2.18. The van der Waals surface area contributed by atoms with Crippen LogP contribution in [0, 0.1) is 5.92 Å². The van der Waals surface area contributed by atoms with Gasteiger partial charge in [-0.05, 0) is 36.9 Å². The molecule has 0 radical (unpaired) electrons. The van der Waals surface area contributed by atoms with Gasteiger partial charge >= 0.3 is 0 Å². The van der Waals surface area contributed by atoms with Gasteiger partial charge in [-0.1, -0.05) is 33.3 Å². The minimum atomic E-state index is 0.522. The van der Waals surface area contributed by atoms with E-state index in [1.165, 1.54) is 43.6 Å². The van der Waals surface area contributed by atoms with E-state index in [9.17, 15) is 0 Å². The Balaban J connectivity index is 1.83. The molecule has 0 spiro atoms. The molecule has 0 bridgehead atoms. The first-order valence-corrected chi connectivity index (χ1v) is 8.07. The second kappa shape index (κ2) is 7.75. The smallest absolute Gasteiger partial charge is 0.0544 e. The number of nitrogens with one attached hydrogen (secondary N) is 1. The monoisotopic (exact) mass is 275 g/mol. The van der Waals surface area contributed by atoms with Gasteiger partial charge in [-0.3, -0.25) is 9.88 Å². The Morgan fingerprint density at radius 2 is 2.25 bits per heavy atom. The molecular formula is C17H29N3. The lowest BCUT2D eigenvalue weighted by Gasteiger charge is -2.31. The second-order valence-electron chi connectivity index (χ2n) is 6.35. The van der Waals surface area contributed by atoms with E-state index in [4.69, 9.17) is 0 Å². The summed E-state index contributed by atoms with van der Waals surface area (Å²) in [5.74, 6) is 0.887. The Hall–Kier alpha value is -0.930. The van der Waals surface area contributed by atoms with Crippen molar-refractivity contribution in [3.63, 3.8) is 0 Å². The van der Waals surface area contributed by atoms with E-state index in [0.717, 1.165) is 19.0 Å². The number of piperidine rings is 1. The molecule has 20 heavy (non-hydrogen) atoms. The summed E-state index contributed by atoms with van der Waals surface area (Å²) in [6.07, 6.45) is 6.07. The number of nitrogens with zero attached hydrogens (tertiary/aromatic N) is 2. The molecular weight excluding hydrogens is 246 g/mol. The average molecular weight is 275 g/mol. The third-order valence-electron chi connectivity index (χ3n) is 4.17. The van der Waals surface area contributed by atoms with E-state index in [-0.39, 0.29) is 0 Å². The first-order chi connectivity index (χ1) is 9.67. The molecule has 1 unspecified atom stereocenters. The molecule has 1 fully saturated rings. The van der Waals surface area contributed by atoms with Crippen molar-refractivity contribution < 1.29 is 0 Å². The molecule has 3 heteroatoms. The third kappa shape index (κ3) is 4.88. The van der Waals surface area contributed by atoms with Crippen molar-refractivity contribution in [1.29, 1.82) is 0 Å². The summed E-state index contributed by atoms with van der Waals surface area (Å²) >= 11 is 0. The van der Waals surface area contributed by atoms with Crippen LogP contribution in [0.2, 0.25) is 0 Å². The second-order valence-corrected chi connectivity index (χ2v) is 6.35. The van der Waals surface area contributed by atoms with Crippen LogP contribution in [-0.2, 0) is 13.1 Å². The van der Waals surface area contributed by atoms with Crippen LogP contribution in [0.5, 0.6) is 0 Å². The van der Waals surface area contributed by atoms with Gasteiger partial charge in [0.1, 0.15) is 0 Å². The molecule has 1 N–H and O–H groups in total. The predicted molar refractivity (Wildman–Crippen MR) is 84.5 cm³/mol. The van der Waals surface area contributed by atoms with E-state index in [1.807, 2.05) is 6.20 Å². The van der Waals surface area contributed by atoms with Gasteiger partial charge in [0.2, 0.25) is 0 Å². The van der Waals surface area contributed by atoms with Gasteiger partial charge in [-0.15, -0.1) is 0 Å². The third-order valence-corrected chi connectivity index (χ3v) is 4.17. The molecule has 112 valence electrons. The van der Waals surface area contributed by atoms with Crippen LogP contribution in [0.1, 0.15) is 51.3 Å². The maximum Gasteiger partial charge on any atom is 0.0544 e. The Bertz CT molecular complexity index is 386. The summed E-state index contributed by atoms with van der Waals surface area (Å²) < 4.78 is 0. The highest BCUT2D eigenvalue weighted by atomic mass is 15.1. The Morgan fingerprint density at radius 3 is 2.90 bits per heavy atom. The van der Waals surface area contributed by atoms with Crippen LogP contribution in [0.25, 0.3) is 0 Å². The minimum Gasteiger partial charge on any atom is -0.310 e. The molecule has 1 atom stereocenters. The predicted octanol–water partition coefficient (Wildman–Crippen LogP) is 3.20. The molecule has 0 amide bonds. The summed E-state index contributed by atoms with van der Waals surface area (Å²) in [5, 5.41) is 3.43. The summed E-state index contributed by atoms with van der Waals surface area (Å²) in [6.45, 7) is 11.0. The van der Waals surface area contributed by atoms with Crippen molar-refractivity contribution in [2.75, 3.05) is 13.1 Å². The first-order valence-electron chi connectivity index (χ1n) is 8.07. The number of hydrogen-bond acceptors (Lipinski definition) is 3. The van der Waals surface area contributed by atoms with E-state index in [2.05, 4.69) is 48.1 Å². The van der Waals surface area contributed by atoms with Gasteiger partial charge in [-0.2, -0.15) is 0 Å². The van der Waals surface area contributed by atoms with Gasteiger partial charge in [0.05, 0.1) is 5.69 Å². The summed E-state index contributed by atoms with van der Waals surface area (Å²) in [7, 11) is 0. The van der Waals surface area contributed by atoms with Crippen molar-refractivity contribution in [3.8, 4) is 0 Å². The molecule has 0 saturated carbocycles. The van der Waals surface area contributed by atoms with Crippen LogP contribution in [0.15, 0.2) is 18.3 Å². The molecule has 2 heterocycles. The molecule has 0 aromatic carbocycles. The maximum absolute atomic E-state index is 4.62. The standard InChI is InChI=1S/C17H29N3/c1-4-15-6-5-9-20(12-15)13-17-8-7-16(11-19-17)10-18-14(2)3/h7-8,11,14-15,18H,4-6,9-10,12-13H2,1-3H3. The molecule has 1 aliphatic rings. The molecule has 0 aliphatic carbocycles. The number of hydrogen-bond donors (Lipinski definition) is 1. The van der Waals surface area contributed by atoms with E-state index >= 15 is 0 Å². The van der Waals surface area contributed by atoms with Crippen molar-refractivity contribution in [2.24, 2.45) is 5.92 Å². The van der Waals surface area contributed by atoms with Crippen LogP contribution in [0.3, 0.4) is 0 Å². The van der Waals surface area contributed by atoms with Crippen LogP contribution in [-0.4, -0.2) is 29.0 Å². The van der Waals surface area contributed by atoms with Crippen LogP contribution >= 0.6 is 0 Å². The van der Waals surface area contributed by atoms with Gasteiger partial charge in [0, 0.05) is 31.9 Å². The zero-order valence-electron chi connectivity index (χ0n) is 13.2. The van der Waals surface area contributed by atoms with Crippen molar-refractivity contribution in [1.82, 2.24) is 15.2 Å². The fraction of sp³-hybridized carbons (Fsp3) is 0.706. The van der Waals surface area contributed by atoms with Gasteiger partial charge in [-0.25, -0.2) is 0 Å². The fourth-order valence-corrected chi connectivity index (χ4v) is 2.83. The molecule has 1 aromatic heterocycles. The largest absolute Gasteiger partial charge is 0.310 e. The summed E-state index contributed by atoms with van der Waals surface area (Å²) in [4.78, 5) is 7.18. The van der Waals surface area contributed by atoms with Gasteiger partial charge < -0.3 is 5.32 Å². The number of aromatic nitrogens is 1. The first kappa shape index (κ1) is 15.5. The van der Waals surface area contributed by atoms with E-state index in [0.29, 0.717) is 6.04 Å². The number of likely N-dealkylation sites (tertiary alicyclic amines) is 1. The molecule has 1 aromatic rings. The van der Waals surface area contributed by atoms with Crippen LogP contribution < -0.4 is 5.32 Å². The fourth-order valence-electron chi connectivity index (χ4n) is 2.83.